The highest BCUT2D eigenvalue weighted by Crippen LogP contribution is 2.32. The molecule has 2 atom stereocenters. The first-order chi connectivity index (χ1) is 11.4. The Morgan fingerprint density at radius 1 is 1.36 bits per heavy atom. The quantitative estimate of drug-likeness (QED) is 0.816. The highest BCUT2D eigenvalue weighted by molar-refractivity contribution is 7.89. The first-order valence-electron chi connectivity index (χ1n) is 7.45. The molecular formula is C15H18F3NO5S. The van der Waals surface area contributed by atoms with E-state index in [9.17, 15) is 26.4 Å². The van der Waals surface area contributed by atoms with Crippen LogP contribution in [0.2, 0.25) is 0 Å². The predicted octanol–water partition coefficient (Wildman–Crippen LogP) is 2.25. The van der Waals surface area contributed by atoms with Crippen LogP contribution in [-0.4, -0.2) is 44.9 Å². The highest BCUT2D eigenvalue weighted by Gasteiger charge is 2.48. The van der Waals surface area contributed by atoms with Gasteiger partial charge in [0.25, 0.3) is 0 Å². The maximum absolute atomic E-state index is 13.3. The Morgan fingerprint density at radius 2 is 2.00 bits per heavy atom. The minimum absolute atomic E-state index is 0.0832. The van der Waals surface area contributed by atoms with Crippen LogP contribution in [0.4, 0.5) is 13.2 Å². The Bertz CT molecular complexity index is 770. The standard InChI is InChI=1S/C15H18F3NO5S/c1-8-5-11(14(20)21)6-12(9(8)2)25(22,23)19-13(15(16,17)18)10-3-4-24-7-10/h5-6,10,13,19H,3-4,7H2,1-2H3,(H,20,21). The number of carbonyl (C=O) groups is 1. The molecule has 1 aliphatic rings. The predicted molar refractivity (Wildman–Crippen MR) is 82.0 cm³/mol. The Morgan fingerprint density at radius 3 is 2.48 bits per heavy atom. The molecule has 10 heteroatoms. The largest absolute Gasteiger partial charge is 0.478 e. The normalized spacial score (nSPS) is 19.8. The van der Waals surface area contributed by atoms with Gasteiger partial charge in [-0.15, -0.1) is 0 Å². The molecule has 0 amide bonds. The first kappa shape index (κ1) is 19.7. The second kappa shape index (κ2) is 6.93. The lowest BCUT2D eigenvalue weighted by molar-refractivity contribution is -0.162. The Balaban J connectivity index is 2.45. The molecule has 25 heavy (non-hydrogen) atoms. The zero-order valence-corrected chi connectivity index (χ0v) is 14.4. The van der Waals surface area contributed by atoms with Crippen LogP contribution in [0.15, 0.2) is 17.0 Å². The fourth-order valence-corrected chi connectivity index (χ4v) is 4.34. The summed E-state index contributed by atoms with van der Waals surface area (Å²) in [6.07, 6.45) is -4.71. The number of aromatic carboxylic acids is 1. The molecule has 1 aromatic rings. The van der Waals surface area contributed by atoms with Gasteiger partial charge in [0.05, 0.1) is 17.1 Å². The van der Waals surface area contributed by atoms with E-state index in [1.807, 2.05) is 0 Å². The van der Waals surface area contributed by atoms with Crippen LogP contribution in [0.5, 0.6) is 0 Å². The zero-order valence-electron chi connectivity index (χ0n) is 13.6. The van der Waals surface area contributed by atoms with Gasteiger partial charge in [-0.25, -0.2) is 13.2 Å². The molecule has 1 aromatic carbocycles. The second-order valence-electron chi connectivity index (χ2n) is 5.99. The average molecular weight is 381 g/mol. The van der Waals surface area contributed by atoms with E-state index in [1.54, 1.807) is 4.72 Å². The van der Waals surface area contributed by atoms with Gasteiger partial charge in [0.2, 0.25) is 10.0 Å². The second-order valence-corrected chi connectivity index (χ2v) is 7.67. The van der Waals surface area contributed by atoms with Crippen LogP contribution in [0.3, 0.4) is 0 Å². The monoisotopic (exact) mass is 381 g/mol. The van der Waals surface area contributed by atoms with E-state index < -0.39 is 39.0 Å². The van der Waals surface area contributed by atoms with Crippen molar-refractivity contribution < 1.29 is 36.2 Å². The molecule has 140 valence electrons. The summed E-state index contributed by atoms with van der Waals surface area (Å²) in [6, 6.07) is -0.165. The van der Waals surface area contributed by atoms with Gasteiger partial charge in [-0.3, -0.25) is 0 Å². The molecule has 1 fully saturated rings. The number of halogens is 3. The van der Waals surface area contributed by atoms with Crippen molar-refractivity contribution in [2.45, 2.75) is 37.4 Å². The number of rotatable bonds is 5. The minimum Gasteiger partial charge on any atom is -0.478 e. The van der Waals surface area contributed by atoms with E-state index in [2.05, 4.69) is 0 Å². The molecule has 0 aromatic heterocycles. The Hall–Kier alpha value is -1.65. The average Bonchev–Trinajstić information content (AvgIpc) is 2.99. The summed E-state index contributed by atoms with van der Waals surface area (Å²) in [5.41, 5.74) is 0.241. The molecule has 6 nitrogen and oxygen atoms in total. The van der Waals surface area contributed by atoms with Crippen molar-refractivity contribution in [3.05, 3.63) is 28.8 Å². The van der Waals surface area contributed by atoms with Gasteiger partial charge in [-0.05, 0) is 43.5 Å². The third kappa shape index (κ3) is 4.31. The lowest BCUT2D eigenvalue weighted by Gasteiger charge is -2.26. The number of nitrogens with one attached hydrogen (secondary N) is 1. The number of benzene rings is 1. The maximum Gasteiger partial charge on any atom is 0.405 e. The van der Waals surface area contributed by atoms with Crippen LogP contribution in [0.1, 0.15) is 27.9 Å². The molecule has 0 radical (unpaired) electrons. The van der Waals surface area contributed by atoms with Crippen molar-refractivity contribution in [2.75, 3.05) is 13.2 Å². The van der Waals surface area contributed by atoms with E-state index in [0.29, 0.717) is 5.56 Å². The van der Waals surface area contributed by atoms with E-state index >= 15 is 0 Å². The van der Waals surface area contributed by atoms with Gasteiger partial charge < -0.3 is 9.84 Å². The number of alkyl halides is 3. The van der Waals surface area contributed by atoms with Gasteiger partial charge in [0.1, 0.15) is 6.04 Å². The summed E-state index contributed by atoms with van der Waals surface area (Å²) < 4.78 is 71.7. The van der Waals surface area contributed by atoms with Crippen molar-refractivity contribution in [3.63, 3.8) is 0 Å². The lowest BCUT2D eigenvalue weighted by Crippen LogP contribution is -2.50. The van der Waals surface area contributed by atoms with Gasteiger partial charge in [0, 0.05) is 12.5 Å². The van der Waals surface area contributed by atoms with Crippen LogP contribution in [-0.2, 0) is 14.8 Å². The molecule has 0 aliphatic carbocycles. The topological polar surface area (TPSA) is 92.7 Å². The number of carboxylic acids is 1. The van der Waals surface area contributed by atoms with E-state index in [0.717, 1.165) is 6.07 Å². The summed E-state index contributed by atoms with van der Waals surface area (Å²) in [7, 11) is -4.58. The third-order valence-corrected chi connectivity index (χ3v) is 5.79. The van der Waals surface area contributed by atoms with Gasteiger partial charge in [-0.1, -0.05) is 0 Å². The maximum atomic E-state index is 13.3. The van der Waals surface area contributed by atoms with Crippen LogP contribution in [0.25, 0.3) is 0 Å². The van der Waals surface area contributed by atoms with Crippen molar-refractivity contribution in [1.29, 1.82) is 0 Å². The molecule has 1 aliphatic heterocycles. The summed E-state index contributed by atoms with van der Waals surface area (Å²) in [6.45, 7) is 2.84. The molecule has 2 unspecified atom stereocenters. The van der Waals surface area contributed by atoms with E-state index in [-0.39, 0.29) is 30.8 Å². The van der Waals surface area contributed by atoms with Gasteiger partial charge in [0.15, 0.2) is 0 Å². The SMILES string of the molecule is Cc1cc(C(=O)O)cc(S(=O)(=O)NC(C2CCOC2)C(F)(F)F)c1C. The Labute approximate surface area is 143 Å². The van der Waals surface area contributed by atoms with Crippen LogP contribution in [0, 0.1) is 19.8 Å². The smallest absolute Gasteiger partial charge is 0.405 e. The molecule has 0 spiro atoms. The van der Waals surface area contributed by atoms with E-state index in [4.69, 9.17) is 9.84 Å². The number of aryl methyl sites for hydroxylation is 1. The van der Waals surface area contributed by atoms with Crippen molar-refractivity contribution in [2.24, 2.45) is 5.92 Å². The van der Waals surface area contributed by atoms with Gasteiger partial charge in [-0.2, -0.15) is 17.9 Å². The molecule has 0 bridgehead atoms. The highest BCUT2D eigenvalue weighted by atomic mass is 32.2. The molecular weight excluding hydrogens is 363 g/mol. The summed E-state index contributed by atoms with van der Waals surface area (Å²) in [4.78, 5) is 10.6. The number of sulfonamides is 1. The number of carboxylic acid groups (broad SMARTS) is 1. The Kier molecular flexibility index (Phi) is 5.45. The van der Waals surface area contributed by atoms with Crippen molar-refractivity contribution in [1.82, 2.24) is 4.72 Å². The molecule has 0 saturated carbocycles. The molecule has 2 rings (SSSR count). The summed E-state index contributed by atoms with van der Waals surface area (Å²) in [5.74, 6) is -2.39. The minimum atomic E-state index is -4.79. The van der Waals surface area contributed by atoms with Crippen LogP contribution >= 0.6 is 0 Å². The molecule has 2 N–H and O–H groups in total. The number of ether oxygens (including phenoxy) is 1. The van der Waals surface area contributed by atoms with Crippen molar-refractivity contribution in [3.8, 4) is 0 Å². The number of hydrogen-bond acceptors (Lipinski definition) is 4. The summed E-state index contributed by atoms with van der Waals surface area (Å²) >= 11 is 0. The van der Waals surface area contributed by atoms with E-state index in [1.165, 1.54) is 19.9 Å². The fraction of sp³-hybridized carbons (Fsp3) is 0.533. The first-order valence-corrected chi connectivity index (χ1v) is 8.93. The molecule has 1 heterocycles. The van der Waals surface area contributed by atoms with Crippen molar-refractivity contribution >= 4 is 16.0 Å². The lowest BCUT2D eigenvalue weighted by atomic mass is 10.00. The zero-order chi connectivity index (χ0) is 19.0. The van der Waals surface area contributed by atoms with Crippen LogP contribution < -0.4 is 4.72 Å². The fourth-order valence-electron chi connectivity index (χ4n) is 2.71. The summed E-state index contributed by atoms with van der Waals surface area (Å²) in [5, 5.41) is 9.06. The molecule has 1 saturated heterocycles. The third-order valence-electron chi connectivity index (χ3n) is 4.23. The van der Waals surface area contributed by atoms with Gasteiger partial charge >= 0.3 is 12.1 Å². The number of hydrogen-bond donors (Lipinski definition) is 2.